The second-order valence-electron chi connectivity index (χ2n) is 5.27. The Hall–Kier alpha value is -1.39. The molecule has 2 atom stereocenters. The zero-order valence-electron chi connectivity index (χ0n) is 12.4. The first-order valence-corrected chi connectivity index (χ1v) is 7.17. The molecule has 1 aliphatic rings. The van der Waals surface area contributed by atoms with E-state index in [4.69, 9.17) is 9.47 Å². The molecular weight excluding hydrogens is 254 g/mol. The van der Waals surface area contributed by atoms with Gasteiger partial charge in [-0.15, -0.1) is 0 Å². The molecular formula is C16H23NO3. The average Bonchev–Trinajstić information content (AvgIpc) is 2.92. The molecule has 0 spiro atoms. The highest BCUT2D eigenvalue weighted by Crippen LogP contribution is 2.26. The molecule has 0 amide bonds. The van der Waals surface area contributed by atoms with Gasteiger partial charge in [-0.05, 0) is 32.0 Å². The van der Waals surface area contributed by atoms with Gasteiger partial charge in [-0.1, -0.05) is 18.6 Å². The third kappa shape index (κ3) is 3.19. The van der Waals surface area contributed by atoms with Gasteiger partial charge in [0.1, 0.15) is 5.75 Å². The lowest BCUT2D eigenvalue weighted by atomic mass is 9.92. The molecule has 4 nitrogen and oxygen atoms in total. The van der Waals surface area contributed by atoms with E-state index in [-0.39, 0.29) is 17.7 Å². The number of ether oxygens (including phenoxy) is 2. The fraction of sp³-hybridized carbons (Fsp3) is 0.562. The van der Waals surface area contributed by atoms with Crippen LogP contribution in [0.4, 0.5) is 0 Å². The second-order valence-corrected chi connectivity index (χ2v) is 5.27. The smallest absolute Gasteiger partial charge is 0.173 e. The summed E-state index contributed by atoms with van der Waals surface area (Å²) in [5.41, 5.74) is 1.72. The van der Waals surface area contributed by atoms with Gasteiger partial charge in [0.2, 0.25) is 0 Å². The van der Waals surface area contributed by atoms with Gasteiger partial charge in [-0.2, -0.15) is 0 Å². The Bertz CT molecular complexity index is 473. The Morgan fingerprint density at radius 3 is 2.95 bits per heavy atom. The van der Waals surface area contributed by atoms with Crippen LogP contribution in [-0.4, -0.2) is 38.7 Å². The van der Waals surface area contributed by atoms with Crippen LogP contribution in [0.3, 0.4) is 0 Å². The molecule has 0 aliphatic carbocycles. The van der Waals surface area contributed by atoms with E-state index in [1.165, 1.54) is 0 Å². The number of rotatable bonds is 6. The third-order valence-electron chi connectivity index (χ3n) is 3.69. The number of benzene rings is 1. The maximum Gasteiger partial charge on any atom is 0.173 e. The van der Waals surface area contributed by atoms with Crippen molar-refractivity contribution in [2.45, 2.75) is 26.3 Å². The van der Waals surface area contributed by atoms with Gasteiger partial charge in [0, 0.05) is 6.04 Å². The molecule has 2 unspecified atom stereocenters. The fourth-order valence-electron chi connectivity index (χ4n) is 2.56. The van der Waals surface area contributed by atoms with E-state index in [9.17, 15) is 4.79 Å². The highest BCUT2D eigenvalue weighted by atomic mass is 16.5. The number of hydrogen-bond acceptors (Lipinski definition) is 4. The number of hydrogen-bond donors (Lipinski definition) is 1. The summed E-state index contributed by atoms with van der Waals surface area (Å²) in [6.07, 6.45) is 1.05. The normalized spacial score (nSPS) is 21.9. The Morgan fingerprint density at radius 1 is 1.45 bits per heavy atom. The standard InChI is InChI=1S/C16H23NO3/c1-4-7-17-14-10-20-9-13(14)16(18)12-8-11(2)5-6-15(12)19-3/h5-6,8,13-14,17H,4,7,9-10H2,1-3H3. The van der Waals surface area contributed by atoms with E-state index < -0.39 is 0 Å². The molecule has 4 heteroatoms. The minimum Gasteiger partial charge on any atom is -0.496 e. The van der Waals surface area contributed by atoms with E-state index >= 15 is 0 Å². The summed E-state index contributed by atoms with van der Waals surface area (Å²) in [5.74, 6) is 0.621. The Labute approximate surface area is 120 Å². The molecule has 20 heavy (non-hydrogen) atoms. The Morgan fingerprint density at radius 2 is 2.25 bits per heavy atom. The number of aryl methyl sites for hydroxylation is 1. The number of Topliss-reactive ketones (excluding diaryl/α,β-unsaturated/α-hetero) is 1. The van der Waals surface area contributed by atoms with Crippen LogP contribution < -0.4 is 10.1 Å². The van der Waals surface area contributed by atoms with Gasteiger partial charge in [-0.25, -0.2) is 0 Å². The van der Waals surface area contributed by atoms with E-state index in [1.54, 1.807) is 7.11 Å². The number of ketones is 1. The minimum absolute atomic E-state index is 0.104. The van der Waals surface area contributed by atoms with Gasteiger partial charge in [0.25, 0.3) is 0 Å². The predicted octanol–water partition coefficient (Wildman–Crippen LogP) is 2.20. The average molecular weight is 277 g/mol. The van der Waals surface area contributed by atoms with Gasteiger partial charge in [0.15, 0.2) is 5.78 Å². The van der Waals surface area contributed by atoms with E-state index in [1.807, 2.05) is 25.1 Å². The lowest BCUT2D eigenvalue weighted by molar-refractivity contribution is 0.0888. The number of carbonyl (C=O) groups excluding carboxylic acids is 1. The fourth-order valence-corrected chi connectivity index (χ4v) is 2.56. The quantitative estimate of drug-likeness (QED) is 0.810. The van der Waals surface area contributed by atoms with Crippen LogP contribution in [-0.2, 0) is 4.74 Å². The first-order valence-electron chi connectivity index (χ1n) is 7.17. The zero-order valence-corrected chi connectivity index (χ0v) is 12.4. The van der Waals surface area contributed by atoms with Crippen molar-refractivity contribution >= 4 is 5.78 Å². The largest absolute Gasteiger partial charge is 0.496 e. The van der Waals surface area contributed by atoms with Crippen LogP contribution in [0.15, 0.2) is 18.2 Å². The van der Waals surface area contributed by atoms with Crippen molar-refractivity contribution < 1.29 is 14.3 Å². The predicted molar refractivity (Wildman–Crippen MR) is 78.5 cm³/mol. The maximum absolute atomic E-state index is 12.8. The third-order valence-corrected chi connectivity index (χ3v) is 3.69. The molecule has 110 valence electrons. The second kappa shape index (κ2) is 6.86. The van der Waals surface area contributed by atoms with Crippen LogP contribution >= 0.6 is 0 Å². The SMILES string of the molecule is CCCNC1COCC1C(=O)c1cc(C)ccc1OC. The molecule has 2 rings (SSSR count). The van der Waals surface area contributed by atoms with E-state index in [2.05, 4.69) is 12.2 Å². The zero-order chi connectivity index (χ0) is 14.5. The molecule has 0 aromatic heterocycles. The van der Waals surface area contributed by atoms with Gasteiger partial charge < -0.3 is 14.8 Å². The van der Waals surface area contributed by atoms with Crippen molar-refractivity contribution in [3.8, 4) is 5.75 Å². The summed E-state index contributed by atoms with van der Waals surface area (Å²) in [6, 6.07) is 5.81. The van der Waals surface area contributed by atoms with Crippen molar-refractivity contribution in [3.63, 3.8) is 0 Å². The van der Waals surface area contributed by atoms with Crippen molar-refractivity contribution in [3.05, 3.63) is 29.3 Å². The molecule has 0 saturated carbocycles. The van der Waals surface area contributed by atoms with Crippen molar-refractivity contribution in [2.24, 2.45) is 5.92 Å². The van der Waals surface area contributed by atoms with Crippen LogP contribution in [0.25, 0.3) is 0 Å². The summed E-state index contributed by atoms with van der Waals surface area (Å²) >= 11 is 0. The van der Waals surface area contributed by atoms with Gasteiger partial charge in [-0.3, -0.25) is 4.79 Å². The Balaban J connectivity index is 2.19. The topological polar surface area (TPSA) is 47.6 Å². The molecule has 1 saturated heterocycles. The summed E-state index contributed by atoms with van der Waals surface area (Å²) in [6.45, 7) is 6.09. The highest BCUT2D eigenvalue weighted by molar-refractivity contribution is 6.01. The van der Waals surface area contributed by atoms with E-state index in [0.717, 1.165) is 18.5 Å². The number of methoxy groups -OCH3 is 1. The molecule has 0 bridgehead atoms. The first-order chi connectivity index (χ1) is 9.67. The molecule has 1 N–H and O–H groups in total. The lowest BCUT2D eigenvalue weighted by Gasteiger charge is -2.19. The van der Waals surface area contributed by atoms with Crippen LogP contribution in [0.2, 0.25) is 0 Å². The van der Waals surface area contributed by atoms with Crippen LogP contribution in [0, 0.1) is 12.8 Å². The molecule has 1 aliphatic heterocycles. The molecule has 1 aromatic rings. The van der Waals surface area contributed by atoms with Gasteiger partial charge >= 0.3 is 0 Å². The highest BCUT2D eigenvalue weighted by Gasteiger charge is 2.35. The van der Waals surface area contributed by atoms with Crippen molar-refractivity contribution in [1.29, 1.82) is 0 Å². The maximum atomic E-state index is 12.8. The summed E-state index contributed by atoms with van der Waals surface area (Å²) in [7, 11) is 1.60. The number of nitrogens with one attached hydrogen (secondary N) is 1. The van der Waals surface area contributed by atoms with E-state index in [0.29, 0.717) is 24.5 Å². The minimum atomic E-state index is -0.128. The summed E-state index contributed by atoms with van der Waals surface area (Å²) in [5, 5.41) is 3.40. The monoisotopic (exact) mass is 277 g/mol. The summed E-state index contributed by atoms with van der Waals surface area (Å²) < 4.78 is 10.8. The molecule has 1 aromatic carbocycles. The summed E-state index contributed by atoms with van der Waals surface area (Å²) in [4.78, 5) is 12.8. The van der Waals surface area contributed by atoms with Gasteiger partial charge in [0.05, 0.1) is 31.8 Å². The van der Waals surface area contributed by atoms with Crippen LogP contribution in [0.1, 0.15) is 29.3 Å². The first kappa shape index (κ1) is 15.0. The molecule has 1 heterocycles. The lowest BCUT2D eigenvalue weighted by Crippen LogP contribution is -2.39. The van der Waals surface area contributed by atoms with Crippen molar-refractivity contribution in [2.75, 3.05) is 26.9 Å². The number of carbonyl (C=O) groups is 1. The molecule has 0 radical (unpaired) electrons. The van der Waals surface area contributed by atoms with Crippen LogP contribution in [0.5, 0.6) is 5.75 Å². The molecule has 1 fully saturated rings. The Kier molecular flexibility index (Phi) is 5.15. The van der Waals surface area contributed by atoms with Crippen molar-refractivity contribution in [1.82, 2.24) is 5.32 Å².